The van der Waals surface area contributed by atoms with E-state index in [1.165, 1.54) is 24.2 Å². The van der Waals surface area contributed by atoms with Crippen LogP contribution < -0.4 is 10.6 Å². The second-order valence-corrected chi connectivity index (χ2v) is 12.9. The second kappa shape index (κ2) is 12.4. The molecular weight excluding hydrogens is 507 g/mol. The van der Waals surface area contributed by atoms with E-state index in [9.17, 15) is 18.0 Å². The van der Waals surface area contributed by atoms with Crippen LogP contribution in [0.25, 0.3) is 0 Å². The quantitative estimate of drug-likeness (QED) is 0.388. The Labute approximate surface area is 225 Å². The van der Waals surface area contributed by atoms with Crippen molar-refractivity contribution in [2.75, 3.05) is 12.0 Å². The number of nitrogens with one attached hydrogen (secondary N) is 2. The average Bonchev–Trinajstić information content (AvgIpc) is 3.08. The van der Waals surface area contributed by atoms with Crippen molar-refractivity contribution in [2.24, 2.45) is 0 Å². The first-order valence-electron chi connectivity index (χ1n) is 12.7. The zero-order valence-electron chi connectivity index (χ0n) is 22.6. The summed E-state index contributed by atoms with van der Waals surface area (Å²) in [5.74, 6) is -1.95. The molecule has 2 heterocycles. The van der Waals surface area contributed by atoms with E-state index in [-0.39, 0.29) is 17.9 Å². The monoisotopic (exact) mass is 544 g/mol. The smallest absolute Gasteiger partial charge is 0.402 e. The molecule has 0 bridgehead atoms. The van der Waals surface area contributed by atoms with Gasteiger partial charge in [-0.25, -0.2) is 13.4 Å². The zero-order valence-corrected chi connectivity index (χ0v) is 23.5. The molecule has 1 aromatic heterocycles. The molecule has 12 heteroatoms. The molecule has 1 saturated heterocycles. The molecule has 2 atom stereocenters. The lowest BCUT2D eigenvalue weighted by Crippen LogP contribution is -2.55. The van der Waals surface area contributed by atoms with Gasteiger partial charge in [-0.3, -0.25) is 14.6 Å². The molecule has 1 aliphatic heterocycles. The van der Waals surface area contributed by atoms with Crippen LogP contribution in [0.15, 0.2) is 48.9 Å². The number of nitrogens with zero attached hydrogens (tertiary/aromatic N) is 2. The summed E-state index contributed by atoms with van der Waals surface area (Å²) in [6.45, 7) is 7.75. The predicted molar refractivity (Wildman–Crippen MR) is 145 cm³/mol. The number of sulfone groups is 1. The number of amides is 2. The van der Waals surface area contributed by atoms with Crippen molar-refractivity contribution in [3.63, 3.8) is 0 Å². The summed E-state index contributed by atoms with van der Waals surface area (Å²) >= 11 is 0. The van der Waals surface area contributed by atoms with Gasteiger partial charge in [-0.05, 0) is 58.9 Å². The first kappa shape index (κ1) is 29.7. The lowest BCUT2D eigenvalue weighted by atomic mass is 9.75. The number of carbonyl (C=O) groups is 2. The summed E-state index contributed by atoms with van der Waals surface area (Å²) < 4.78 is 36.2. The van der Waals surface area contributed by atoms with Crippen LogP contribution in [0.5, 0.6) is 0 Å². The third-order valence-electron chi connectivity index (χ3n) is 6.95. The van der Waals surface area contributed by atoms with Gasteiger partial charge < -0.3 is 19.9 Å². The summed E-state index contributed by atoms with van der Waals surface area (Å²) in [4.78, 5) is 34.1. The Hall–Kier alpha value is -2.83. The van der Waals surface area contributed by atoms with E-state index in [1.807, 2.05) is 58.0 Å². The Morgan fingerprint density at radius 2 is 1.66 bits per heavy atom. The minimum Gasteiger partial charge on any atom is -0.402 e. The Morgan fingerprint density at radius 3 is 2.24 bits per heavy atom. The maximum absolute atomic E-state index is 13.5. The molecule has 0 aliphatic carbocycles. The van der Waals surface area contributed by atoms with Gasteiger partial charge >= 0.3 is 7.12 Å². The average molecular weight is 544 g/mol. The van der Waals surface area contributed by atoms with Gasteiger partial charge in [-0.2, -0.15) is 0 Å². The number of aromatic nitrogens is 2. The van der Waals surface area contributed by atoms with Crippen molar-refractivity contribution in [1.29, 1.82) is 0 Å². The van der Waals surface area contributed by atoms with Crippen molar-refractivity contribution < 1.29 is 27.3 Å². The van der Waals surface area contributed by atoms with Crippen molar-refractivity contribution in [3.05, 3.63) is 60.2 Å². The number of aryl methyl sites for hydroxylation is 1. The zero-order chi connectivity index (χ0) is 28.0. The summed E-state index contributed by atoms with van der Waals surface area (Å²) in [6.07, 6.45) is 7.15. The van der Waals surface area contributed by atoms with Crippen LogP contribution in [0.2, 0.25) is 0 Å². The van der Waals surface area contributed by atoms with Crippen LogP contribution in [0.4, 0.5) is 0 Å². The maximum Gasteiger partial charge on any atom is 0.481 e. The van der Waals surface area contributed by atoms with Crippen LogP contribution in [-0.2, 0) is 30.4 Å². The fraction of sp³-hybridized carbons (Fsp3) is 0.538. The highest BCUT2D eigenvalue weighted by atomic mass is 32.2. The Kier molecular flexibility index (Phi) is 9.67. The van der Waals surface area contributed by atoms with Crippen LogP contribution >= 0.6 is 0 Å². The Bertz CT molecular complexity index is 1180. The van der Waals surface area contributed by atoms with E-state index < -0.39 is 52.0 Å². The first-order chi connectivity index (χ1) is 17.8. The summed E-state index contributed by atoms with van der Waals surface area (Å²) in [5, 5.41) is 5.60. The van der Waals surface area contributed by atoms with E-state index in [0.717, 1.165) is 19.1 Å². The first-order valence-corrected chi connectivity index (χ1v) is 14.8. The number of hydrogen-bond acceptors (Lipinski definition) is 8. The molecule has 0 spiro atoms. The largest absolute Gasteiger partial charge is 0.481 e. The molecular formula is C26H37BN4O6S. The normalized spacial score (nSPS) is 18.0. The Morgan fingerprint density at radius 1 is 1.00 bits per heavy atom. The summed E-state index contributed by atoms with van der Waals surface area (Å²) in [5.41, 5.74) is -0.00451. The molecule has 2 N–H and O–H groups in total. The van der Waals surface area contributed by atoms with E-state index in [1.54, 1.807) is 0 Å². The topological polar surface area (TPSA) is 137 Å². The fourth-order valence-corrected chi connectivity index (χ4v) is 4.70. The summed E-state index contributed by atoms with van der Waals surface area (Å²) in [7, 11) is -4.10. The highest BCUT2D eigenvalue weighted by Gasteiger charge is 2.54. The molecule has 1 aliphatic rings. The fourth-order valence-electron chi connectivity index (χ4n) is 4.03. The van der Waals surface area contributed by atoms with Crippen molar-refractivity contribution >= 4 is 28.8 Å². The van der Waals surface area contributed by atoms with E-state index in [0.29, 0.717) is 6.42 Å². The molecule has 0 saturated carbocycles. The van der Waals surface area contributed by atoms with Gasteiger partial charge in [0.2, 0.25) is 5.91 Å². The molecule has 10 nitrogen and oxygen atoms in total. The molecule has 2 amide bonds. The minimum atomic E-state index is -3.38. The SMILES string of the molecule is CC1(C)OB(C(CCCc2ccccc2)NC(=O)C(CCS(C)(=O)=O)NC(=O)c2cnccn2)OC1(C)C. The lowest BCUT2D eigenvalue weighted by molar-refractivity contribution is -0.123. The molecule has 1 aromatic carbocycles. The van der Waals surface area contributed by atoms with E-state index >= 15 is 0 Å². The number of rotatable bonds is 12. The van der Waals surface area contributed by atoms with Crippen molar-refractivity contribution in [2.45, 2.75) is 76.6 Å². The minimum absolute atomic E-state index is 0.0232. The molecule has 38 heavy (non-hydrogen) atoms. The van der Waals surface area contributed by atoms with Gasteiger partial charge in [-0.1, -0.05) is 30.3 Å². The van der Waals surface area contributed by atoms with Gasteiger partial charge in [0.05, 0.1) is 29.1 Å². The van der Waals surface area contributed by atoms with Gasteiger partial charge in [0.1, 0.15) is 21.6 Å². The van der Waals surface area contributed by atoms with Crippen LogP contribution in [0.1, 0.15) is 63.0 Å². The molecule has 206 valence electrons. The van der Waals surface area contributed by atoms with Gasteiger partial charge in [0.25, 0.3) is 5.91 Å². The Balaban J connectivity index is 1.77. The maximum atomic E-state index is 13.5. The van der Waals surface area contributed by atoms with Crippen molar-refractivity contribution in [3.8, 4) is 0 Å². The van der Waals surface area contributed by atoms with Crippen LogP contribution in [0, 0.1) is 0 Å². The second-order valence-electron chi connectivity index (χ2n) is 10.7. The number of carbonyl (C=O) groups excluding carboxylic acids is 2. The number of benzene rings is 1. The van der Waals surface area contributed by atoms with Gasteiger partial charge in [-0.15, -0.1) is 0 Å². The molecule has 0 radical (unpaired) electrons. The predicted octanol–water partition coefficient (Wildman–Crippen LogP) is 2.15. The summed E-state index contributed by atoms with van der Waals surface area (Å²) in [6, 6.07) is 8.91. The molecule has 3 rings (SSSR count). The van der Waals surface area contributed by atoms with E-state index in [4.69, 9.17) is 9.31 Å². The standard InChI is InChI=1S/C26H37BN4O6S/c1-25(2)26(3,4)37-27(36-25)22(13-9-12-19-10-7-6-8-11-19)31-23(32)20(14-17-38(5,34)35)30-24(33)21-18-28-15-16-29-21/h6-8,10-11,15-16,18,20,22H,9,12-14,17H2,1-5H3,(H,30,33)(H,31,32). The lowest BCUT2D eigenvalue weighted by Gasteiger charge is -2.32. The van der Waals surface area contributed by atoms with Gasteiger partial charge in [0, 0.05) is 18.6 Å². The highest BCUT2D eigenvalue weighted by molar-refractivity contribution is 7.90. The highest BCUT2D eigenvalue weighted by Crippen LogP contribution is 2.38. The third-order valence-corrected chi connectivity index (χ3v) is 7.92. The molecule has 1 fully saturated rings. The van der Waals surface area contributed by atoms with Crippen LogP contribution in [-0.4, -0.2) is 72.5 Å². The third kappa shape index (κ3) is 8.34. The van der Waals surface area contributed by atoms with E-state index in [2.05, 4.69) is 20.6 Å². The van der Waals surface area contributed by atoms with Crippen LogP contribution in [0.3, 0.4) is 0 Å². The van der Waals surface area contributed by atoms with Gasteiger partial charge in [0.15, 0.2) is 0 Å². The van der Waals surface area contributed by atoms with Crippen molar-refractivity contribution in [1.82, 2.24) is 20.6 Å². The molecule has 2 unspecified atom stereocenters. The number of hydrogen-bond donors (Lipinski definition) is 2. The molecule has 2 aromatic rings.